The van der Waals surface area contributed by atoms with Gasteiger partial charge in [-0.1, -0.05) is 35.5 Å². The fourth-order valence-electron chi connectivity index (χ4n) is 3.94. The van der Waals surface area contributed by atoms with E-state index in [-0.39, 0.29) is 0 Å². The van der Waals surface area contributed by atoms with Crippen LogP contribution < -0.4 is 0 Å². The summed E-state index contributed by atoms with van der Waals surface area (Å²) in [6.45, 7) is 4.44. The van der Waals surface area contributed by atoms with Gasteiger partial charge < -0.3 is 4.52 Å². The topological polar surface area (TPSA) is 29.3 Å². The molecule has 0 unspecified atom stereocenters. The highest BCUT2D eigenvalue weighted by molar-refractivity contribution is 5.51. The molecule has 1 aromatic heterocycles. The van der Waals surface area contributed by atoms with E-state index in [0.29, 0.717) is 12.0 Å². The molecule has 0 amide bonds. The second-order valence-electron chi connectivity index (χ2n) is 6.53. The van der Waals surface area contributed by atoms with Crippen molar-refractivity contribution in [1.29, 1.82) is 0 Å². The first-order valence-electron chi connectivity index (χ1n) is 8.22. The van der Waals surface area contributed by atoms with Crippen LogP contribution >= 0.6 is 0 Å². The molecule has 4 heterocycles. The maximum Gasteiger partial charge on any atom is 0.159 e. The number of fused-ring (bicyclic) bond motifs is 3. The maximum absolute atomic E-state index is 5.43. The van der Waals surface area contributed by atoms with Crippen LogP contribution in [0.1, 0.15) is 29.9 Å². The average Bonchev–Trinajstić information content (AvgIpc) is 2.97. The van der Waals surface area contributed by atoms with E-state index in [1.54, 1.807) is 0 Å². The summed E-state index contributed by atoms with van der Waals surface area (Å²) in [4.78, 5) is 2.64. The second-order valence-corrected chi connectivity index (χ2v) is 6.53. The first kappa shape index (κ1) is 13.8. The summed E-state index contributed by atoms with van der Waals surface area (Å²) in [5.74, 6) is 1.61. The highest BCUT2D eigenvalue weighted by Gasteiger charge is 2.37. The maximum atomic E-state index is 5.43. The number of hydrogen-bond donors (Lipinski definition) is 0. The molecule has 0 radical (unpaired) electrons. The van der Waals surface area contributed by atoms with Crippen LogP contribution in [-0.4, -0.2) is 29.2 Å². The van der Waals surface area contributed by atoms with Crippen LogP contribution in [0.2, 0.25) is 0 Å². The molecule has 1 aromatic carbocycles. The zero-order valence-electron chi connectivity index (χ0n) is 13.0. The molecule has 5 rings (SSSR count). The number of hydrogen-bond acceptors (Lipinski definition) is 3. The van der Waals surface area contributed by atoms with Crippen molar-refractivity contribution in [2.24, 2.45) is 5.92 Å². The number of nitrogens with zero attached hydrogens (tertiary/aromatic N) is 2. The molecule has 0 N–H and O–H groups in total. The lowest BCUT2D eigenvalue weighted by Crippen LogP contribution is -2.51. The Morgan fingerprint density at radius 3 is 2.68 bits per heavy atom. The summed E-state index contributed by atoms with van der Waals surface area (Å²) in [6.07, 6.45) is 5.91. The third-order valence-corrected chi connectivity index (χ3v) is 5.05. The fraction of sp³-hybridized carbons (Fsp3) is 0.421. The Balaban J connectivity index is 1.65. The lowest BCUT2D eigenvalue weighted by Gasteiger charge is -2.47. The molecule has 1 atom stereocenters. The van der Waals surface area contributed by atoms with Crippen molar-refractivity contribution >= 4 is 6.08 Å². The van der Waals surface area contributed by atoms with Crippen molar-refractivity contribution in [1.82, 2.24) is 10.1 Å². The summed E-state index contributed by atoms with van der Waals surface area (Å²) >= 11 is 0. The van der Waals surface area contributed by atoms with Gasteiger partial charge in [-0.3, -0.25) is 4.90 Å². The third-order valence-electron chi connectivity index (χ3n) is 5.05. The van der Waals surface area contributed by atoms with E-state index in [9.17, 15) is 0 Å². The monoisotopic (exact) mass is 294 g/mol. The Morgan fingerprint density at radius 1 is 1.23 bits per heavy atom. The molecule has 0 saturated carbocycles. The molecule has 3 aliphatic rings. The highest BCUT2D eigenvalue weighted by atomic mass is 16.5. The van der Waals surface area contributed by atoms with Crippen molar-refractivity contribution in [2.45, 2.75) is 32.2 Å². The van der Waals surface area contributed by atoms with Crippen molar-refractivity contribution < 1.29 is 4.52 Å². The lowest BCUT2D eigenvalue weighted by atomic mass is 9.76. The van der Waals surface area contributed by atoms with E-state index < -0.39 is 0 Å². The van der Waals surface area contributed by atoms with Gasteiger partial charge in [-0.05, 0) is 62.4 Å². The lowest BCUT2D eigenvalue weighted by molar-refractivity contribution is 0.104. The van der Waals surface area contributed by atoms with E-state index in [1.807, 2.05) is 13.0 Å². The van der Waals surface area contributed by atoms with Gasteiger partial charge in [-0.25, -0.2) is 0 Å². The number of rotatable bonds is 3. The SMILES string of the molecule is Cc1cc(/C=C2/C3CCN(CC3)[C@@H]2Cc2ccccc2)on1. The van der Waals surface area contributed by atoms with E-state index in [4.69, 9.17) is 4.52 Å². The van der Waals surface area contributed by atoms with E-state index in [1.165, 1.54) is 37.1 Å². The molecule has 22 heavy (non-hydrogen) atoms. The van der Waals surface area contributed by atoms with Gasteiger partial charge >= 0.3 is 0 Å². The van der Waals surface area contributed by atoms with E-state index >= 15 is 0 Å². The summed E-state index contributed by atoms with van der Waals surface area (Å²) in [5.41, 5.74) is 3.91. The van der Waals surface area contributed by atoms with Crippen LogP contribution in [0.15, 0.2) is 46.5 Å². The Morgan fingerprint density at radius 2 is 2.00 bits per heavy atom. The Kier molecular flexibility index (Phi) is 3.59. The molecule has 3 aliphatic heterocycles. The van der Waals surface area contributed by atoms with Crippen LogP contribution in [0.4, 0.5) is 0 Å². The largest absolute Gasteiger partial charge is 0.357 e. The first-order chi connectivity index (χ1) is 10.8. The summed E-state index contributed by atoms with van der Waals surface area (Å²) in [6, 6.07) is 13.4. The van der Waals surface area contributed by atoms with Gasteiger partial charge in [-0.15, -0.1) is 0 Å². The number of benzene rings is 1. The Hall–Kier alpha value is -1.87. The molecular formula is C19H22N2O. The predicted octanol–water partition coefficient (Wildman–Crippen LogP) is 3.70. The van der Waals surface area contributed by atoms with Crippen molar-refractivity contribution in [2.75, 3.05) is 13.1 Å². The molecular weight excluding hydrogens is 272 g/mol. The highest BCUT2D eigenvalue weighted by Crippen LogP contribution is 2.39. The van der Waals surface area contributed by atoms with Gasteiger partial charge in [0.2, 0.25) is 0 Å². The number of aromatic nitrogens is 1. The minimum absolute atomic E-state index is 0.514. The summed E-state index contributed by atoms with van der Waals surface area (Å²) in [7, 11) is 0. The number of piperidine rings is 3. The summed E-state index contributed by atoms with van der Waals surface area (Å²) in [5, 5.41) is 4.02. The zero-order valence-corrected chi connectivity index (χ0v) is 13.0. The smallest absolute Gasteiger partial charge is 0.159 e. The Labute approximate surface area is 131 Å². The van der Waals surface area contributed by atoms with Crippen LogP contribution in [0.3, 0.4) is 0 Å². The van der Waals surface area contributed by atoms with Crippen molar-refractivity contribution in [3.63, 3.8) is 0 Å². The third kappa shape index (κ3) is 2.61. The van der Waals surface area contributed by atoms with Crippen molar-refractivity contribution in [3.05, 3.63) is 59.0 Å². The normalized spacial score (nSPS) is 29.1. The first-order valence-corrected chi connectivity index (χ1v) is 8.22. The van der Waals surface area contributed by atoms with Crippen LogP contribution in [0.5, 0.6) is 0 Å². The van der Waals surface area contributed by atoms with E-state index in [0.717, 1.165) is 17.9 Å². The molecule has 2 bridgehead atoms. The molecule has 2 aromatic rings. The molecule has 0 spiro atoms. The van der Waals surface area contributed by atoms with Crippen molar-refractivity contribution in [3.8, 4) is 0 Å². The average molecular weight is 294 g/mol. The van der Waals surface area contributed by atoms with Gasteiger partial charge in [0.05, 0.1) is 5.69 Å². The quantitative estimate of drug-likeness (QED) is 0.864. The predicted molar refractivity (Wildman–Crippen MR) is 87.4 cm³/mol. The van der Waals surface area contributed by atoms with E-state index in [2.05, 4.69) is 46.5 Å². The van der Waals surface area contributed by atoms with Crippen LogP contribution in [-0.2, 0) is 6.42 Å². The van der Waals surface area contributed by atoms with Gasteiger partial charge in [0.15, 0.2) is 5.76 Å². The molecule has 3 nitrogen and oxygen atoms in total. The minimum Gasteiger partial charge on any atom is -0.357 e. The molecule has 0 aliphatic carbocycles. The summed E-state index contributed by atoms with van der Waals surface area (Å²) < 4.78 is 5.43. The molecule has 114 valence electrons. The Bertz CT molecular complexity index is 666. The zero-order chi connectivity index (χ0) is 14.9. The van der Waals surface area contributed by atoms with Gasteiger partial charge in [0.25, 0.3) is 0 Å². The van der Waals surface area contributed by atoms with Gasteiger partial charge in [0.1, 0.15) is 0 Å². The molecule has 3 heteroatoms. The van der Waals surface area contributed by atoms with Crippen LogP contribution in [0.25, 0.3) is 6.08 Å². The minimum atomic E-state index is 0.514. The van der Waals surface area contributed by atoms with Gasteiger partial charge in [-0.2, -0.15) is 0 Å². The second kappa shape index (κ2) is 5.73. The molecule has 3 saturated heterocycles. The van der Waals surface area contributed by atoms with Gasteiger partial charge in [0, 0.05) is 12.1 Å². The molecule has 3 fully saturated rings. The number of aryl methyl sites for hydroxylation is 1. The fourth-order valence-corrected chi connectivity index (χ4v) is 3.94. The standard InChI is InChI=1S/C19H22N2O/c1-14-11-17(22-20-14)13-18-16-7-9-21(10-8-16)19(18)12-15-5-3-2-4-6-15/h2-6,11,13,16,19H,7-10,12H2,1H3/b18-13-/t19-/m1/s1. The van der Waals surface area contributed by atoms with Crippen LogP contribution in [0, 0.1) is 12.8 Å².